The first-order valence-corrected chi connectivity index (χ1v) is 11.4. The summed E-state index contributed by atoms with van der Waals surface area (Å²) in [6.45, 7) is 9.34. The van der Waals surface area contributed by atoms with E-state index in [1.807, 2.05) is 24.3 Å². The Morgan fingerprint density at radius 2 is 1.46 bits per heavy atom. The largest absolute Gasteiger partial charge is 0.496 e. The maximum Gasteiger partial charge on any atom is 0.123 e. The highest BCUT2D eigenvalue weighted by Crippen LogP contribution is 2.51. The number of alkyl halides is 2. The molecule has 0 spiro atoms. The molecule has 0 aliphatic heterocycles. The van der Waals surface area contributed by atoms with Crippen molar-refractivity contribution in [2.45, 2.75) is 61.0 Å². The molecule has 0 amide bonds. The van der Waals surface area contributed by atoms with E-state index in [1.165, 1.54) is 24.0 Å². The summed E-state index contributed by atoms with van der Waals surface area (Å²) >= 11 is 7.78. The van der Waals surface area contributed by atoms with Crippen molar-refractivity contribution in [3.05, 3.63) is 64.2 Å². The SMILES string of the molecule is COc1cc2c(cc1C(Br)C(Br)c1ccc(C#N)cc1)C(C)(C)CCC2(C)C. The number of ether oxygens (including phenoxy) is 1. The van der Waals surface area contributed by atoms with Crippen molar-refractivity contribution in [2.24, 2.45) is 0 Å². The Kier molecular flexibility index (Phi) is 5.99. The van der Waals surface area contributed by atoms with Gasteiger partial charge in [0.2, 0.25) is 0 Å². The quantitative estimate of drug-likeness (QED) is 0.404. The molecular formula is C24H27Br2NO. The molecule has 1 aliphatic carbocycles. The van der Waals surface area contributed by atoms with Crippen LogP contribution in [0.15, 0.2) is 36.4 Å². The third-order valence-electron chi connectivity index (χ3n) is 6.12. The molecule has 28 heavy (non-hydrogen) atoms. The lowest BCUT2D eigenvalue weighted by atomic mass is 9.63. The Morgan fingerprint density at radius 3 is 1.96 bits per heavy atom. The number of nitriles is 1. The number of halogens is 2. The van der Waals surface area contributed by atoms with Crippen molar-refractivity contribution < 1.29 is 4.74 Å². The summed E-state index contributed by atoms with van der Waals surface area (Å²) in [5.41, 5.74) is 6.06. The average Bonchev–Trinajstić information content (AvgIpc) is 2.69. The Morgan fingerprint density at radius 1 is 0.929 bits per heavy atom. The van der Waals surface area contributed by atoms with E-state index in [9.17, 15) is 0 Å². The molecule has 2 unspecified atom stereocenters. The summed E-state index contributed by atoms with van der Waals surface area (Å²) < 4.78 is 5.82. The first-order valence-electron chi connectivity index (χ1n) is 9.62. The maximum atomic E-state index is 9.04. The van der Waals surface area contributed by atoms with Gasteiger partial charge in [-0.1, -0.05) is 77.8 Å². The van der Waals surface area contributed by atoms with E-state index < -0.39 is 0 Å². The first kappa shape index (κ1) is 21.4. The summed E-state index contributed by atoms with van der Waals surface area (Å²) in [4.78, 5) is 0.105. The van der Waals surface area contributed by atoms with Crippen LogP contribution >= 0.6 is 31.9 Å². The van der Waals surface area contributed by atoms with Crippen molar-refractivity contribution >= 4 is 31.9 Å². The highest BCUT2D eigenvalue weighted by Gasteiger charge is 2.38. The number of methoxy groups -OCH3 is 1. The van der Waals surface area contributed by atoms with Crippen LogP contribution < -0.4 is 4.74 Å². The summed E-state index contributed by atoms with van der Waals surface area (Å²) in [6, 6.07) is 14.5. The van der Waals surface area contributed by atoms with E-state index in [0.717, 1.165) is 16.9 Å². The molecule has 0 heterocycles. The van der Waals surface area contributed by atoms with E-state index >= 15 is 0 Å². The molecular weight excluding hydrogens is 478 g/mol. The zero-order chi connectivity index (χ0) is 20.7. The number of nitrogens with zero attached hydrogens (tertiary/aromatic N) is 1. The van der Waals surface area contributed by atoms with Gasteiger partial charge >= 0.3 is 0 Å². The second-order valence-electron chi connectivity index (χ2n) is 8.94. The van der Waals surface area contributed by atoms with Crippen LogP contribution in [0.5, 0.6) is 5.75 Å². The minimum Gasteiger partial charge on any atom is -0.496 e. The fourth-order valence-electron chi connectivity index (χ4n) is 4.07. The number of hydrogen-bond acceptors (Lipinski definition) is 2. The third kappa shape index (κ3) is 3.89. The molecule has 0 bridgehead atoms. The predicted octanol–water partition coefficient (Wildman–Crippen LogP) is 7.49. The van der Waals surface area contributed by atoms with Gasteiger partial charge in [0.25, 0.3) is 0 Å². The van der Waals surface area contributed by atoms with Gasteiger partial charge < -0.3 is 4.74 Å². The molecule has 1 aliphatic rings. The van der Waals surface area contributed by atoms with Gasteiger partial charge in [-0.05, 0) is 58.6 Å². The third-order valence-corrected chi connectivity index (χ3v) is 8.90. The van der Waals surface area contributed by atoms with Crippen LogP contribution in [0.4, 0.5) is 0 Å². The van der Waals surface area contributed by atoms with Gasteiger partial charge in [0, 0.05) is 5.56 Å². The van der Waals surface area contributed by atoms with Crippen LogP contribution in [0, 0.1) is 11.3 Å². The van der Waals surface area contributed by atoms with Gasteiger partial charge in [0.15, 0.2) is 0 Å². The van der Waals surface area contributed by atoms with Gasteiger partial charge in [0.1, 0.15) is 5.75 Å². The fourth-order valence-corrected chi connectivity index (χ4v) is 5.32. The van der Waals surface area contributed by atoms with Gasteiger partial charge in [-0.3, -0.25) is 0 Å². The van der Waals surface area contributed by atoms with Crippen LogP contribution in [0.2, 0.25) is 0 Å². The molecule has 2 atom stereocenters. The van der Waals surface area contributed by atoms with Crippen molar-refractivity contribution in [3.8, 4) is 11.8 Å². The monoisotopic (exact) mass is 503 g/mol. The zero-order valence-electron chi connectivity index (χ0n) is 17.1. The molecule has 2 aromatic rings. The summed E-state index contributed by atoms with van der Waals surface area (Å²) in [6.07, 6.45) is 2.36. The molecule has 3 rings (SSSR count). The predicted molar refractivity (Wildman–Crippen MR) is 123 cm³/mol. The van der Waals surface area contributed by atoms with Crippen LogP contribution in [-0.4, -0.2) is 7.11 Å². The lowest BCUT2D eigenvalue weighted by Gasteiger charge is -2.42. The van der Waals surface area contributed by atoms with Crippen molar-refractivity contribution in [3.63, 3.8) is 0 Å². The molecule has 0 N–H and O–H groups in total. The molecule has 0 fully saturated rings. The Hall–Kier alpha value is -1.31. The molecule has 4 heteroatoms. The maximum absolute atomic E-state index is 9.04. The van der Waals surface area contributed by atoms with Crippen molar-refractivity contribution in [1.82, 2.24) is 0 Å². The summed E-state index contributed by atoms with van der Waals surface area (Å²) in [5, 5.41) is 9.04. The van der Waals surface area contributed by atoms with E-state index in [1.54, 1.807) is 7.11 Å². The van der Waals surface area contributed by atoms with E-state index in [0.29, 0.717) is 5.56 Å². The second kappa shape index (κ2) is 7.84. The Balaban J connectivity index is 2.06. The average molecular weight is 505 g/mol. The molecule has 0 saturated carbocycles. The smallest absolute Gasteiger partial charge is 0.123 e. The van der Waals surface area contributed by atoms with Crippen LogP contribution in [0.1, 0.15) is 78.0 Å². The van der Waals surface area contributed by atoms with Gasteiger partial charge in [0.05, 0.1) is 28.4 Å². The van der Waals surface area contributed by atoms with E-state index in [-0.39, 0.29) is 20.5 Å². The number of fused-ring (bicyclic) bond motifs is 1. The lowest BCUT2D eigenvalue weighted by molar-refractivity contribution is 0.327. The fraction of sp³-hybridized carbons (Fsp3) is 0.458. The Labute approximate surface area is 185 Å². The minimum absolute atomic E-state index is 0.0431. The molecule has 0 radical (unpaired) electrons. The van der Waals surface area contributed by atoms with Crippen LogP contribution in [-0.2, 0) is 10.8 Å². The van der Waals surface area contributed by atoms with Gasteiger partial charge in [-0.25, -0.2) is 0 Å². The summed E-state index contributed by atoms with van der Waals surface area (Å²) in [5.74, 6) is 0.921. The lowest BCUT2D eigenvalue weighted by Crippen LogP contribution is -2.34. The summed E-state index contributed by atoms with van der Waals surface area (Å²) in [7, 11) is 1.75. The Bertz CT molecular complexity index is 909. The van der Waals surface area contributed by atoms with Gasteiger partial charge in [-0.2, -0.15) is 5.26 Å². The minimum atomic E-state index is 0.0431. The first-order chi connectivity index (χ1) is 13.1. The van der Waals surface area contributed by atoms with Crippen molar-refractivity contribution in [2.75, 3.05) is 7.11 Å². The molecule has 0 saturated heterocycles. The second-order valence-corrected chi connectivity index (χ2v) is 10.9. The zero-order valence-corrected chi connectivity index (χ0v) is 20.3. The topological polar surface area (TPSA) is 33.0 Å². The normalized spacial score (nSPS) is 19.2. The van der Waals surface area contributed by atoms with E-state index in [2.05, 4.69) is 77.8 Å². The number of hydrogen-bond donors (Lipinski definition) is 0. The van der Waals surface area contributed by atoms with Crippen molar-refractivity contribution in [1.29, 1.82) is 5.26 Å². The standard InChI is InChI=1S/C24H27Br2NO/c1-23(2)10-11-24(3,4)19-13-20(28-5)17(12-18(19)23)22(26)21(25)16-8-6-15(14-27)7-9-16/h6-9,12-13,21-22H,10-11H2,1-5H3. The number of benzene rings is 2. The molecule has 0 aromatic heterocycles. The highest BCUT2D eigenvalue weighted by atomic mass is 79.9. The van der Waals surface area contributed by atoms with E-state index in [4.69, 9.17) is 10.00 Å². The molecule has 2 aromatic carbocycles. The van der Waals surface area contributed by atoms with Gasteiger partial charge in [-0.15, -0.1) is 0 Å². The number of rotatable bonds is 4. The molecule has 2 nitrogen and oxygen atoms in total. The van der Waals surface area contributed by atoms with Crippen LogP contribution in [0.25, 0.3) is 0 Å². The molecule has 148 valence electrons. The highest BCUT2D eigenvalue weighted by molar-refractivity contribution is 9.12. The van der Waals surface area contributed by atoms with Crippen LogP contribution in [0.3, 0.4) is 0 Å².